The minimum atomic E-state index is -4.45. The number of hydrogen-bond donors (Lipinski definition) is 1. The number of carboxylic acid groups (broad SMARTS) is 1. The smallest absolute Gasteiger partial charge is 0.416 e. The van der Waals surface area contributed by atoms with Crippen molar-refractivity contribution >= 4 is 5.97 Å². The molecular weight excluding hydrogens is 544 g/mol. The van der Waals surface area contributed by atoms with Gasteiger partial charge in [-0.15, -0.1) is 0 Å². The maximum absolute atomic E-state index is 13.1. The average molecular weight is 578 g/mol. The third-order valence-electron chi connectivity index (χ3n) is 7.68. The molecule has 9 heteroatoms. The Balaban J connectivity index is 1.57. The van der Waals surface area contributed by atoms with Crippen LogP contribution < -0.4 is 0 Å². The predicted molar refractivity (Wildman–Crippen MR) is 145 cm³/mol. The fourth-order valence-corrected chi connectivity index (χ4v) is 5.46. The Morgan fingerprint density at radius 3 is 1.85 bits per heavy atom. The number of nitrogens with zero attached hydrogens (tertiary/aromatic N) is 1. The summed E-state index contributed by atoms with van der Waals surface area (Å²) in [5, 5.41) is 10.0. The third-order valence-corrected chi connectivity index (χ3v) is 7.68. The summed E-state index contributed by atoms with van der Waals surface area (Å²) in [6.45, 7) is 5.84. The highest BCUT2D eigenvalue weighted by Gasteiger charge is 2.31. The molecule has 0 saturated carbocycles. The van der Waals surface area contributed by atoms with Crippen molar-refractivity contribution in [1.82, 2.24) is 4.90 Å². The standard InChI is InChI=1S/C32H33F6NO2/c1-20(2)15-29(30(40)41)26-17-24(22-5-9-28(10-6-22)32(36,37)38)16-25(18-26)23-11-13-39(14-12-23)19-21-3-7-27(8-4-21)31(33,34)35/h3-10,16-18,20,23,29H,11-15,19H2,1-2H3,(H,40,41). The summed E-state index contributed by atoms with van der Waals surface area (Å²) < 4.78 is 78.0. The van der Waals surface area contributed by atoms with Gasteiger partial charge >= 0.3 is 18.3 Å². The molecule has 1 saturated heterocycles. The molecular formula is C32H33F6NO2. The van der Waals surface area contributed by atoms with Gasteiger partial charge in [0.05, 0.1) is 17.0 Å². The summed E-state index contributed by atoms with van der Waals surface area (Å²) in [6.07, 6.45) is -6.88. The number of likely N-dealkylation sites (tertiary alicyclic amines) is 1. The van der Waals surface area contributed by atoms with Gasteiger partial charge in [-0.3, -0.25) is 9.69 Å². The normalized spacial score (nSPS) is 16.2. The van der Waals surface area contributed by atoms with E-state index in [1.807, 2.05) is 26.0 Å². The van der Waals surface area contributed by atoms with E-state index in [9.17, 15) is 36.2 Å². The molecule has 0 aliphatic carbocycles. The van der Waals surface area contributed by atoms with Crippen LogP contribution in [0.2, 0.25) is 0 Å². The second kappa shape index (κ2) is 12.3. The molecule has 0 aromatic heterocycles. The highest BCUT2D eigenvalue weighted by atomic mass is 19.4. The topological polar surface area (TPSA) is 40.5 Å². The molecule has 0 spiro atoms. The van der Waals surface area contributed by atoms with Crippen molar-refractivity contribution in [2.75, 3.05) is 13.1 Å². The number of benzene rings is 3. The number of carbonyl (C=O) groups is 1. The van der Waals surface area contributed by atoms with Crippen molar-refractivity contribution in [3.05, 3.63) is 94.5 Å². The van der Waals surface area contributed by atoms with Crippen LogP contribution >= 0.6 is 0 Å². The Bertz CT molecular complexity index is 1320. The van der Waals surface area contributed by atoms with E-state index in [2.05, 4.69) is 4.90 Å². The molecule has 1 heterocycles. The first-order valence-corrected chi connectivity index (χ1v) is 13.6. The first kappa shape index (κ1) is 30.6. The molecule has 1 N–H and O–H groups in total. The zero-order valence-corrected chi connectivity index (χ0v) is 22.9. The zero-order chi connectivity index (χ0) is 29.9. The molecule has 0 bridgehead atoms. The van der Waals surface area contributed by atoms with E-state index in [-0.39, 0.29) is 11.8 Å². The van der Waals surface area contributed by atoms with Gasteiger partial charge < -0.3 is 5.11 Å². The largest absolute Gasteiger partial charge is 0.481 e. The van der Waals surface area contributed by atoms with E-state index < -0.39 is 35.4 Å². The summed E-state index contributed by atoms with van der Waals surface area (Å²) in [5.41, 5.74) is 2.19. The zero-order valence-electron chi connectivity index (χ0n) is 22.9. The lowest BCUT2D eigenvalue weighted by Gasteiger charge is -2.33. The summed E-state index contributed by atoms with van der Waals surface area (Å²) in [6, 6.07) is 15.7. The number of hydrogen-bond acceptors (Lipinski definition) is 2. The molecule has 41 heavy (non-hydrogen) atoms. The monoisotopic (exact) mass is 577 g/mol. The van der Waals surface area contributed by atoms with E-state index in [1.54, 1.807) is 6.07 Å². The van der Waals surface area contributed by atoms with Crippen LogP contribution in [0.1, 0.15) is 72.8 Å². The summed E-state index contributed by atoms with van der Waals surface area (Å²) in [7, 11) is 0. The van der Waals surface area contributed by atoms with Gasteiger partial charge in [-0.1, -0.05) is 56.3 Å². The van der Waals surface area contributed by atoms with Crippen LogP contribution in [0.4, 0.5) is 26.3 Å². The van der Waals surface area contributed by atoms with Crippen LogP contribution in [-0.2, 0) is 23.7 Å². The van der Waals surface area contributed by atoms with Gasteiger partial charge in [-0.25, -0.2) is 0 Å². The van der Waals surface area contributed by atoms with Crippen molar-refractivity contribution in [3.8, 4) is 11.1 Å². The van der Waals surface area contributed by atoms with Crippen LogP contribution in [0.25, 0.3) is 11.1 Å². The minimum absolute atomic E-state index is 0.112. The van der Waals surface area contributed by atoms with Gasteiger partial charge in [0.1, 0.15) is 0 Å². The molecule has 3 aromatic carbocycles. The highest BCUT2D eigenvalue weighted by molar-refractivity contribution is 5.77. The van der Waals surface area contributed by atoms with Gasteiger partial charge in [0.25, 0.3) is 0 Å². The SMILES string of the molecule is CC(C)CC(C(=O)O)c1cc(-c2ccc(C(F)(F)F)cc2)cc(C2CCN(Cc3ccc(C(F)(F)F)cc3)CC2)c1. The molecule has 1 unspecified atom stereocenters. The van der Waals surface area contributed by atoms with Gasteiger partial charge in [0, 0.05) is 6.54 Å². The number of aliphatic carboxylic acids is 1. The van der Waals surface area contributed by atoms with E-state index >= 15 is 0 Å². The van der Waals surface area contributed by atoms with Gasteiger partial charge in [0.15, 0.2) is 0 Å². The number of carboxylic acids is 1. The van der Waals surface area contributed by atoms with Crippen molar-refractivity contribution in [3.63, 3.8) is 0 Å². The van der Waals surface area contributed by atoms with E-state index in [0.29, 0.717) is 42.7 Å². The highest BCUT2D eigenvalue weighted by Crippen LogP contribution is 2.37. The molecule has 3 nitrogen and oxygen atoms in total. The van der Waals surface area contributed by atoms with E-state index in [0.717, 1.165) is 48.2 Å². The molecule has 4 rings (SSSR count). The maximum atomic E-state index is 13.1. The fourth-order valence-electron chi connectivity index (χ4n) is 5.46. The van der Waals surface area contributed by atoms with Crippen LogP contribution in [0.5, 0.6) is 0 Å². The van der Waals surface area contributed by atoms with Gasteiger partial charge in [-0.05, 0) is 96.3 Å². The first-order chi connectivity index (χ1) is 19.2. The average Bonchev–Trinajstić information content (AvgIpc) is 2.91. The van der Waals surface area contributed by atoms with E-state index in [1.165, 1.54) is 24.3 Å². The lowest BCUT2D eigenvalue weighted by molar-refractivity contribution is -0.139. The number of piperidine rings is 1. The fraction of sp³-hybridized carbons (Fsp3) is 0.406. The molecule has 1 fully saturated rings. The predicted octanol–water partition coefficient (Wildman–Crippen LogP) is 8.99. The van der Waals surface area contributed by atoms with Crippen LogP contribution in [-0.4, -0.2) is 29.1 Å². The van der Waals surface area contributed by atoms with Crippen LogP contribution in [0.15, 0.2) is 66.7 Å². The summed E-state index contributed by atoms with van der Waals surface area (Å²) in [4.78, 5) is 14.4. The summed E-state index contributed by atoms with van der Waals surface area (Å²) >= 11 is 0. The van der Waals surface area contributed by atoms with Crippen molar-refractivity contribution < 1.29 is 36.2 Å². The second-order valence-electron chi connectivity index (χ2n) is 11.2. The Hall–Kier alpha value is -3.33. The molecule has 0 amide bonds. The molecule has 1 aliphatic rings. The number of rotatable bonds is 8. The molecule has 3 aromatic rings. The first-order valence-electron chi connectivity index (χ1n) is 13.6. The summed E-state index contributed by atoms with van der Waals surface area (Å²) in [5.74, 6) is -1.45. The van der Waals surface area contributed by atoms with Crippen molar-refractivity contribution in [2.24, 2.45) is 5.92 Å². The lowest BCUT2D eigenvalue weighted by Crippen LogP contribution is -2.32. The van der Waals surface area contributed by atoms with Crippen molar-refractivity contribution in [2.45, 2.75) is 63.8 Å². The quantitative estimate of drug-likeness (QED) is 0.272. The molecule has 1 aliphatic heterocycles. The van der Waals surface area contributed by atoms with Crippen LogP contribution in [0.3, 0.4) is 0 Å². The Morgan fingerprint density at radius 2 is 1.37 bits per heavy atom. The maximum Gasteiger partial charge on any atom is 0.416 e. The van der Waals surface area contributed by atoms with Crippen molar-refractivity contribution in [1.29, 1.82) is 0 Å². The third kappa shape index (κ3) is 7.91. The van der Waals surface area contributed by atoms with Gasteiger partial charge in [-0.2, -0.15) is 26.3 Å². The Kier molecular flexibility index (Phi) is 9.16. The van der Waals surface area contributed by atoms with Crippen LogP contribution in [0, 0.1) is 5.92 Å². The molecule has 220 valence electrons. The Labute approximate surface area is 235 Å². The lowest BCUT2D eigenvalue weighted by atomic mass is 9.82. The molecule has 1 atom stereocenters. The second-order valence-corrected chi connectivity index (χ2v) is 11.2. The van der Waals surface area contributed by atoms with E-state index in [4.69, 9.17) is 0 Å². The Morgan fingerprint density at radius 1 is 0.829 bits per heavy atom. The molecule has 0 radical (unpaired) electrons. The number of alkyl halides is 6. The number of halogens is 6. The minimum Gasteiger partial charge on any atom is -0.481 e. The van der Waals surface area contributed by atoms with Gasteiger partial charge in [0.2, 0.25) is 0 Å².